The van der Waals surface area contributed by atoms with Gasteiger partial charge in [-0.1, -0.05) is 0 Å². The van der Waals surface area contributed by atoms with Gasteiger partial charge in [-0.2, -0.15) is 0 Å². The number of thiophene rings is 2. The van der Waals surface area contributed by atoms with E-state index < -0.39 is 5.97 Å². The number of carboxylic acids is 1. The molecule has 2 heterocycles. The zero-order chi connectivity index (χ0) is 7.84. The van der Waals surface area contributed by atoms with E-state index in [4.69, 9.17) is 0 Å². The van der Waals surface area contributed by atoms with Crippen molar-refractivity contribution in [3.63, 3.8) is 0 Å². The maximum Gasteiger partial charge on any atom is 0.0815 e. The van der Waals surface area contributed by atoms with E-state index in [-0.39, 0.29) is 0 Å². The van der Waals surface area contributed by atoms with Crippen molar-refractivity contribution >= 4 is 38.0 Å². The molecule has 0 saturated carbocycles. The molecule has 0 aliphatic rings. The second-order valence-electron chi connectivity index (χ2n) is 2.05. The zero-order valence-electron chi connectivity index (χ0n) is 5.37. The van der Waals surface area contributed by atoms with Crippen LogP contribution < -0.4 is 5.11 Å². The third-order valence-corrected chi connectivity index (χ3v) is 3.41. The van der Waals surface area contributed by atoms with E-state index in [2.05, 4.69) is 0 Å². The van der Waals surface area contributed by atoms with E-state index in [1.807, 2.05) is 11.4 Å². The maximum atomic E-state index is 10.4. The van der Waals surface area contributed by atoms with Crippen LogP contribution in [0.1, 0.15) is 9.67 Å². The summed E-state index contributed by atoms with van der Waals surface area (Å²) in [6, 6.07) is 3.57. The molecule has 2 aromatic rings. The topological polar surface area (TPSA) is 40.1 Å². The predicted molar refractivity (Wildman–Crippen MR) is 44.0 cm³/mol. The van der Waals surface area contributed by atoms with Gasteiger partial charge in [0.15, 0.2) is 0 Å². The predicted octanol–water partition coefficient (Wildman–Crippen LogP) is 1.33. The minimum absolute atomic E-state index is 0.312. The maximum absolute atomic E-state index is 10.4. The van der Waals surface area contributed by atoms with Crippen molar-refractivity contribution in [2.45, 2.75) is 0 Å². The van der Waals surface area contributed by atoms with E-state index in [9.17, 15) is 9.90 Å². The van der Waals surface area contributed by atoms with Crippen LogP contribution in [0.2, 0.25) is 0 Å². The highest BCUT2D eigenvalue weighted by atomic mass is 32.1. The number of carbonyl (C=O) groups is 1. The third kappa shape index (κ3) is 1.04. The average Bonchev–Trinajstić information content (AvgIpc) is 2.40. The molecule has 2 aromatic heterocycles. The Morgan fingerprint density at radius 3 is 2.91 bits per heavy atom. The summed E-state index contributed by atoms with van der Waals surface area (Å²) in [4.78, 5) is 10.7. The van der Waals surface area contributed by atoms with Crippen molar-refractivity contribution in [2.24, 2.45) is 0 Å². The number of hydrogen-bond donors (Lipinski definition) is 0. The molecule has 0 aliphatic heterocycles. The summed E-state index contributed by atoms with van der Waals surface area (Å²) in [5, 5.41) is 12.3. The van der Waals surface area contributed by atoms with Gasteiger partial charge in [-0.05, 0) is 17.5 Å². The van der Waals surface area contributed by atoms with Crippen molar-refractivity contribution < 1.29 is 9.90 Å². The van der Waals surface area contributed by atoms with Gasteiger partial charge in [-0.25, -0.2) is 0 Å². The molecule has 0 bridgehead atoms. The van der Waals surface area contributed by atoms with E-state index in [0.717, 1.165) is 9.40 Å². The molecule has 2 nitrogen and oxygen atoms in total. The fourth-order valence-electron chi connectivity index (χ4n) is 0.866. The summed E-state index contributed by atoms with van der Waals surface area (Å²) in [5.41, 5.74) is 0. The van der Waals surface area contributed by atoms with Gasteiger partial charge in [-0.15, -0.1) is 22.7 Å². The van der Waals surface area contributed by atoms with E-state index in [1.54, 1.807) is 17.4 Å². The molecule has 0 aliphatic carbocycles. The average molecular weight is 183 g/mol. The first-order valence-corrected chi connectivity index (χ1v) is 4.65. The standard InChI is InChI=1S/C7H4O2S2/c8-7(9)6-3-5-4(11-6)1-2-10-5/h1-3H,(H,8,9)/p-1. The van der Waals surface area contributed by atoms with Crippen LogP contribution in [0.3, 0.4) is 0 Å². The third-order valence-electron chi connectivity index (χ3n) is 1.34. The minimum Gasteiger partial charge on any atom is -0.544 e. The number of hydrogen-bond acceptors (Lipinski definition) is 4. The lowest BCUT2D eigenvalue weighted by atomic mass is 10.4. The Bertz CT molecular complexity index is 371. The molecule has 0 amide bonds. The highest BCUT2D eigenvalue weighted by Crippen LogP contribution is 2.29. The Morgan fingerprint density at radius 1 is 1.45 bits per heavy atom. The van der Waals surface area contributed by atoms with Gasteiger partial charge in [0.25, 0.3) is 0 Å². The van der Waals surface area contributed by atoms with Gasteiger partial charge in [0, 0.05) is 9.40 Å². The van der Waals surface area contributed by atoms with Crippen molar-refractivity contribution in [2.75, 3.05) is 0 Å². The van der Waals surface area contributed by atoms with Gasteiger partial charge >= 0.3 is 0 Å². The van der Waals surface area contributed by atoms with Gasteiger partial charge < -0.3 is 9.90 Å². The Balaban J connectivity index is 2.67. The van der Waals surface area contributed by atoms with Crippen LogP contribution in [0.5, 0.6) is 0 Å². The molecule has 4 heteroatoms. The Morgan fingerprint density at radius 2 is 2.27 bits per heavy atom. The summed E-state index contributed by atoms with van der Waals surface area (Å²) in [7, 11) is 0. The molecule has 56 valence electrons. The van der Waals surface area contributed by atoms with Crippen molar-refractivity contribution in [1.82, 2.24) is 0 Å². The normalized spacial score (nSPS) is 10.5. The highest BCUT2D eigenvalue weighted by Gasteiger charge is 2.01. The number of aromatic carboxylic acids is 1. The molecular formula is C7H3O2S2-. The molecule has 0 aromatic carbocycles. The molecule has 11 heavy (non-hydrogen) atoms. The summed E-state index contributed by atoms with van der Waals surface area (Å²) in [6.07, 6.45) is 0. The first kappa shape index (κ1) is 6.82. The molecular weight excluding hydrogens is 180 g/mol. The first-order valence-electron chi connectivity index (χ1n) is 2.96. The zero-order valence-corrected chi connectivity index (χ0v) is 7.00. The van der Waals surface area contributed by atoms with E-state index >= 15 is 0 Å². The van der Waals surface area contributed by atoms with Crippen molar-refractivity contribution in [3.8, 4) is 0 Å². The summed E-state index contributed by atoms with van der Waals surface area (Å²) >= 11 is 2.81. The monoisotopic (exact) mass is 183 g/mol. The van der Waals surface area contributed by atoms with Crippen LogP contribution in [0.25, 0.3) is 9.40 Å². The van der Waals surface area contributed by atoms with E-state index in [1.165, 1.54) is 11.3 Å². The molecule has 0 radical (unpaired) electrons. The lowest BCUT2D eigenvalue weighted by Gasteiger charge is -1.92. The molecule has 0 unspecified atom stereocenters. The number of rotatable bonds is 1. The summed E-state index contributed by atoms with van der Waals surface area (Å²) in [6.45, 7) is 0. The molecule has 0 saturated heterocycles. The van der Waals surface area contributed by atoms with Crippen molar-refractivity contribution in [1.29, 1.82) is 0 Å². The smallest absolute Gasteiger partial charge is 0.0815 e. The SMILES string of the molecule is O=C([O-])c1cc2sccc2s1. The van der Waals surface area contributed by atoms with Gasteiger partial charge in [-0.3, -0.25) is 0 Å². The van der Waals surface area contributed by atoms with Crippen LogP contribution in [0.4, 0.5) is 0 Å². The lowest BCUT2D eigenvalue weighted by Crippen LogP contribution is -2.20. The Labute approximate surface area is 70.7 Å². The van der Waals surface area contributed by atoms with Crippen LogP contribution in [-0.4, -0.2) is 5.97 Å². The van der Waals surface area contributed by atoms with Gasteiger partial charge in [0.2, 0.25) is 0 Å². The summed E-state index contributed by atoms with van der Waals surface area (Å²) < 4.78 is 2.04. The van der Waals surface area contributed by atoms with Crippen LogP contribution >= 0.6 is 22.7 Å². The molecule has 0 N–H and O–H groups in total. The quantitative estimate of drug-likeness (QED) is 0.669. The van der Waals surface area contributed by atoms with Crippen LogP contribution in [0.15, 0.2) is 17.5 Å². The number of carboxylic acid groups (broad SMARTS) is 1. The number of carbonyl (C=O) groups excluding carboxylic acids is 1. The first-order chi connectivity index (χ1) is 5.27. The fourth-order valence-corrected chi connectivity index (χ4v) is 2.81. The fraction of sp³-hybridized carbons (Fsp3) is 0. The molecule has 0 atom stereocenters. The van der Waals surface area contributed by atoms with Gasteiger partial charge in [0.1, 0.15) is 0 Å². The number of fused-ring (bicyclic) bond motifs is 1. The second-order valence-corrected chi connectivity index (χ2v) is 4.08. The van der Waals surface area contributed by atoms with E-state index in [0.29, 0.717) is 4.88 Å². The molecule has 2 rings (SSSR count). The van der Waals surface area contributed by atoms with Crippen LogP contribution in [-0.2, 0) is 0 Å². The largest absolute Gasteiger partial charge is 0.544 e. The van der Waals surface area contributed by atoms with Gasteiger partial charge in [0.05, 0.1) is 10.8 Å². The second kappa shape index (κ2) is 2.32. The highest BCUT2D eigenvalue weighted by molar-refractivity contribution is 7.27. The Kier molecular flexibility index (Phi) is 1.44. The molecule has 0 spiro atoms. The van der Waals surface area contributed by atoms with Crippen LogP contribution in [0, 0.1) is 0 Å². The summed E-state index contributed by atoms with van der Waals surface area (Å²) in [5.74, 6) is -1.08. The minimum atomic E-state index is -1.08. The lowest BCUT2D eigenvalue weighted by molar-refractivity contribution is -0.254. The molecule has 0 fully saturated rings. The Hall–Kier alpha value is -0.870. The van der Waals surface area contributed by atoms with Crippen molar-refractivity contribution in [3.05, 3.63) is 22.4 Å².